The van der Waals surface area contributed by atoms with Crippen molar-refractivity contribution in [3.8, 4) is 0 Å². The number of halogens is 3. The van der Waals surface area contributed by atoms with E-state index in [2.05, 4.69) is 5.32 Å². The van der Waals surface area contributed by atoms with Gasteiger partial charge in [0.1, 0.15) is 0 Å². The van der Waals surface area contributed by atoms with Crippen LogP contribution in [-0.4, -0.2) is 18.4 Å². The van der Waals surface area contributed by atoms with E-state index >= 15 is 0 Å². The molecule has 1 aliphatic rings. The third kappa shape index (κ3) is 4.13. The Balaban J connectivity index is 1.71. The smallest absolute Gasteiger partial charge is 0.326 e. The second-order valence-electron chi connectivity index (χ2n) is 6.76. The maximum absolute atomic E-state index is 12.7. The van der Waals surface area contributed by atoms with Gasteiger partial charge in [-0.15, -0.1) is 0 Å². The predicted octanol–water partition coefficient (Wildman–Crippen LogP) is 4.31. The van der Waals surface area contributed by atoms with E-state index in [0.29, 0.717) is 11.4 Å². The molecule has 2 amide bonds. The summed E-state index contributed by atoms with van der Waals surface area (Å²) in [6.07, 6.45) is -4.40. The third-order valence-electron chi connectivity index (χ3n) is 4.65. The molecule has 1 unspecified atom stereocenters. The number of alkyl halides is 3. The van der Waals surface area contributed by atoms with Crippen molar-refractivity contribution in [2.24, 2.45) is 5.92 Å². The van der Waals surface area contributed by atoms with E-state index in [-0.39, 0.29) is 24.8 Å². The Hall–Kier alpha value is -2.83. The summed E-state index contributed by atoms with van der Waals surface area (Å²) in [6.45, 7) is 3.94. The van der Waals surface area contributed by atoms with Crippen molar-refractivity contribution in [3.05, 3.63) is 59.2 Å². The summed E-state index contributed by atoms with van der Waals surface area (Å²) in [5, 5.41) is 2.85. The number of hydrogen-bond donors (Lipinski definition) is 1. The Kier molecular flexibility index (Phi) is 4.95. The van der Waals surface area contributed by atoms with Crippen LogP contribution in [0.25, 0.3) is 0 Å². The van der Waals surface area contributed by atoms with Crippen LogP contribution in [0.2, 0.25) is 0 Å². The molecule has 2 aromatic rings. The highest BCUT2D eigenvalue weighted by Crippen LogP contribution is 2.32. The van der Waals surface area contributed by atoms with Crippen LogP contribution in [0.15, 0.2) is 42.5 Å². The molecule has 1 heterocycles. The lowest BCUT2D eigenvalue weighted by molar-refractivity contribution is -0.137. The summed E-state index contributed by atoms with van der Waals surface area (Å²) in [4.78, 5) is 26.2. The average Bonchev–Trinajstić information content (AvgIpc) is 2.99. The number of carbonyl (C=O) groups excluding carboxylic acids is 2. The highest BCUT2D eigenvalue weighted by Gasteiger charge is 2.36. The van der Waals surface area contributed by atoms with Gasteiger partial charge >= 0.3 is 6.18 Å². The van der Waals surface area contributed by atoms with Crippen molar-refractivity contribution < 1.29 is 22.8 Å². The average molecular weight is 376 g/mol. The molecule has 1 atom stereocenters. The topological polar surface area (TPSA) is 49.4 Å². The van der Waals surface area contributed by atoms with Crippen LogP contribution in [0.3, 0.4) is 0 Å². The second-order valence-corrected chi connectivity index (χ2v) is 6.76. The summed E-state index contributed by atoms with van der Waals surface area (Å²) < 4.78 is 38.0. The van der Waals surface area contributed by atoms with Gasteiger partial charge in [-0.2, -0.15) is 13.2 Å². The van der Waals surface area contributed by atoms with E-state index in [1.54, 1.807) is 0 Å². The van der Waals surface area contributed by atoms with Crippen LogP contribution in [-0.2, 0) is 15.8 Å². The van der Waals surface area contributed by atoms with E-state index in [0.717, 1.165) is 23.3 Å². The maximum atomic E-state index is 12.7. The van der Waals surface area contributed by atoms with E-state index < -0.39 is 17.7 Å². The number of aryl methyl sites for hydroxylation is 2. The molecule has 0 bridgehead atoms. The van der Waals surface area contributed by atoms with Gasteiger partial charge in [-0.25, -0.2) is 0 Å². The van der Waals surface area contributed by atoms with Crippen molar-refractivity contribution in [2.45, 2.75) is 26.4 Å². The normalized spacial score (nSPS) is 17.3. The fourth-order valence-corrected chi connectivity index (χ4v) is 3.07. The quantitative estimate of drug-likeness (QED) is 0.868. The van der Waals surface area contributed by atoms with Gasteiger partial charge in [0.15, 0.2) is 0 Å². The molecule has 0 saturated carbocycles. The second kappa shape index (κ2) is 7.06. The molecule has 0 aromatic heterocycles. The van der Waals surface area contributed by atoms with Crippen LogP contribution >= 0.6 is 0 Å². The monoisotopic (exact) mass is 376 g/mol. The zero-order valence-electron chi connectivity index (χ0n) is 14.9. The molecule has 7 heteroatoms. The summed E-state index contributed by atoms with van der Waals surface area (Å²) >= 11 is 0. The highest BCUT2D eigenvalue weighted by molar-refractivity contribution is 6.03. The van der Waals surface area contributed by atoms with Crippen molar-refractivity contribution in [1.29, 1.82) is 0 Å². The van der Waals surface area contributed by atoms with Crippen molar-refractivity contribution in [3.63, 3.8) is 0 Å². The molecule has 2 aromatic carbocycles. The molecule has 0 aliphatic carbocycles. The molecule has 1 N–H and O–H groups in total. The molecule has 3 rings (SSSR count). The number of nitrogens with zero attached hydrogens (tertiary/aromatic N) is 1. The minimum absolute atomic E-state index is 0.0255. The molecular formula is C20H19F3N2O2. The van der Waals surface area contributed by atoms with Gasteiger partial charge in [0.05, 0.1) is 11.5 Å². The number of benzene rings is 2. The van der Waals surface area contributed by atoms with Gasteiger partial charge in [0.2, 0.25) is 11.8 Å². The number of anilines is 2. The van der Waals surface area contributed by atoms with Crippen molar-refractivity contribution in [1.82, 2.24) is 0 Å². The highest BCUT2D eigenvalue weighted by atomic mass is 19.4. The van der Waals surface area contributed by atoms with Gasteiger partial charge in [-0.3, -0.25) is 9.59 Å². The van der Waals surface area contributed by atoms with Crippen LogP contribution in [0.4, 0.5) is 24.5 Å². The van der Waals surface area contributed by atoms with Gasteiger partial charge in [-0.05, 0) is 55.3 Å². The molecule has 142 valence electrons. The summed E-state index contributed by atoms with van der Waals surface area (Å²) in [6, 6.07) is 10.1. The van der Waals surface area contributed by atoms with Gasteiger partial charge in [0, 0.05) is 24.3 Å². The Morgan fingerprint density at radius 2 is 1.78 bits per heavy atom. The number of carbonyl (C=O) groups is 2. The molecule has 4 nitrogen and oxygen atoms in total. The standard InChI is InChI=1S/C20H19F3N2O2/c1-12-3-4-13(2)17(9-12)24-19(27)14-10-18(26)25(11-14)16-7-5-15(6-8-16)20(21,22)23/h3-9,14H,10-11H2,1-2H3,(H,24,27). The molecule has 27 heavy (non-hydrogen) atoms. The van der Waals surface area contributed by atoms with E-state index in [1.807, 2.05) is 32.0 Å². The summed E-state index contributed by atoms with van der Waals surface area (Å²) in [5.74, 6) is -1.11. The van der Waals surface area contributed by atoms with Crippen molar-refractivity contribution in [2.75, 3.05) is 16.8 Å². The largest absolute Gasteiger partial charge is 0.416 e. The summed E-state index contributed by atoms with van der Waals surface area (Å²) in [5.41, 5.74) is 2.19. The first-order valence-electron chi connectivity index (χ1n) is 8.51. The van der Waals surface area contributed by atoms with E-state index in [1.165, 1.54) is 17.0 Å². The minimum atomic E-state index is -4.43. The Morgan fingerprint density at radius 1 is 1.11 bits per heavy atom. The first-order chi connectivity index (χ1) is 12.6. The van der Waals surface area contributed by atoms with Crippen LogP contribution in [0.1, 0.15) is 23.1 Å². The maximum Gasteiger partial charge on any atom is 0.416 e. The lowest BCUT2D eigenvalue weighted by atomic mass is 10.1. The molecule has 1 fully saturated rings. The Morgan fingerprint density at radius 3 is 2.41 bits per heavy atom. The fraction of sp³-hybridized carbons (Fsp3) is 0.300. The number of rotatable bonds is 3. The Labute approximate surface area is 155 Å². The number of amides is 2. The molecule has 0 spiro atoms. The van der Waals surface area contributed by atoms with E-state index in [4.69, 9.17) is 0 Å². The van der Waals surface area contributed by atoms with Gasteiger partial charge in [0.25, 0.3) is 0 Å². The predicted molar refractivity (Wildman–Crippen MR) is 96.4 cm³/mol. The zero-order valence-corrected chi connectivity index (χ0v) is 14.9. The van der Waals surface area contributed by atoms with Gasteiger partial charge in [-0.1, -0.05) is 12.1 Å². The minimum Gasteiger partial charge on any atom is -0.326 e. The van der Waals surface area contributed by atoms with Crippen LogP contribution < -0.4 is 10.2 Å². The lowest BCUT2D eigenvalue weighted by Crippen LogP contribution is -2.28. The molecular weight excluding hydrogens is 357 g/mol. The lowest BCUT2D eigenvalue weighted by Gasteiger charge is -2.18. The summed E-state index contributed by atoms with van der Waals surface area (Å²) in [7, 11) is 0. The third-order valence-corrected chi connectivity index (χ3v) is 4.65. The van der Waals surface area contributed by atoms with Crippen molar-refractivity contribution >= 4 is 23.2 Å². The number of hydrogen-bond acceptors (Lipinski definition) is 2. The SMILES string of the molecule is Cc1ccc(C)c(NC(=O)C2CC(=O)N(c3ccc(C(F)(F)F)cc3)C2)c1. The number of nitrogens with one attached hydrogen (secondary N) is 1. The first kappa shape index (κ1) is 18.9. The zero-order chi connectivity index (χ0) is 19.8. The van der Waals surface area contributed by atoms with Gasteiger partial charge < -0.3 is 10.2 Å². The first-order valence-corrected chi connectivity index (χ1v) is 8.51. The molecule has 1 aliphatic heterocycles. The van der Waals surface area contributed by atoms with E-state index in [9.17, 15) is 22.8 Å². The fourth-order valence-electron chi connectivity index (χ4n) is 3.07. The molecule has 1 saturated heterocycles. The van der Waals surface area contributed by atoms with Crippen LogP contribution in [0.5, 0.6) is 0 Å². The molecule has 0 radical (unpaired) electrons. The Bertz CT molecular complexity index is 876. The van der Waals surface area contributed by atoms with Crippen LogP contribution in [0, 0.1) is 19.8 Å².